The van der Waals surface area contributed by atoms with Crippen molar-refractivity contribution in [2.24, 2.45) is 5.84 Å². The van der Waals surface area contributed by atoms with Crippen LogP contribution in [0, 0.1) is 10.1 Å². The van der Waals surface area contributed by atoms with Crippen molar-refractivity contribution in [3.8, 4) is 17.2 Å². The Morgan fingerprint density at radius 2 is 1.80 bits per heavy atom. The van der Waals surface area contributed by atoms with Gasteiger partial charge in [-0.3, -0.25) is 14.9 Å². The van der Waals surface area contributed by atoms with Gasteiger partial charge in [0.05, 0.1) is 26.3 Å². The molecule has 0 saturated carbocycles. The number of nitrogens with two attached hydrogens (primary N) is 1. The Morgan fingerprint density at radius 1 is 1.20 bits per heavy atom. The number of rotatable bonds is 7. The molecule has 1 aromatic carbocycles. The standard InChI is InChI=1S/C15H16N4O6/c1-23-10-6-8(7-11(24-2)14(10)25-3)13(20)9-4-5-17-15(18-16)12(9)19(21)22/h4-7H,16H2,1-3H3,(H,17,18). The molecule has 10 heteroatoms. The Morgan fingerprint density at radius 3 is 2.24 bits per heavy atom. The number of carbonyl (C=O) groups is 1. The van der Waals surface area contributed by atoms with E-state index in [0.29, 0.717) is 5.75 Å². The largest absolute Gasteiger partial charge is 0.493 e. The summed E-state index contributed by atoms with van der Waals surface area (Å²) in [6, 6.07) is 4.05. The van der Waals surface area contributed by atoms with Crippen LogP contribution in [0.15, 0.2) is 24.4 Å². The molecule has 2 rings (SSSR count). The molecule has 2 aromatic rings. The average molecular weight is 348 g/mol. The fourth-order valence-corrected chi connectivity index (χ4v) is 2.30. The summed E-state index contributed by atoms with van der Waals surface area (Å²) < 4.78 is 15.6. The summed E-state index contributed by atoms with van der Waals surface area (Å²) in [5.41, 5.74) is 1.53. The molecular weight excluding hydrogens is 332 g/mol. The molecule has 0 bridgehead atoms. The number of carbonyl (C=O) groups excluding carboxylic acids is 1. The van der Waals surface area contributed by atoms with Crippen molar-refractivity contribution in [3.05, 3.63) is 45.6 Å². The lowest BCUT2D eigenvalue weighted by molar-refractivity contribution is -0.384. The van der Waals surface area contributed by atoms with Gasteiger partial charge in [0.25, 0.3) is 0 Å². The van der Waals surface area contributed by atoms with E-state index in [1.165, 1.54) is 45.7 Å². The van der Waals surface area contributed by atoms with Gasteiger partial charge in [-0.25, -0.2) is 10.8 Å². The molecule has 0 amide bonds. The molecule has 0 atom stereocenters. The Bertz CT molecular complexity index is 799. The van der Waals surface area contributed by atoms with E-state index in [0.717, 1.165) is 0 Å². The highest BCUT2D eigenvalue weighted by Gasteiger charge is 2.27. The smallest absolute Gasteiger partial charge is 0.323 e. The van der Waals surface area contributed by atoms with Gasteiger partial charge >= 0.3 is 5.69 Å². The van der Waals surface area contributed by atoms with E-state index in [-0.39, 0.29) is 28.4 Å². The fourth-order valence-electron chi connectivity index (χ4n) is 2.30. The fraction of sp³-hybridized carbons (Fsp3) is 0.200. The molecule has 1 aromatic heterocycles. The predicted molar refractivity (Wildman–Crippen MR) is 88.2 cm³/mol. The number of nitro groups is 1. The monoisotopic (exact) mass is 348 g/mol. The molecule has 0 radical (unpaired) electrons. The molecule has 25 heavy (non-hydrogen) atoms. The van der Waals surface area contributed by atoms with Crippen LogP contribution in [0.3, 0.4) is 0 Å². The number of aromatic nitrogens is 1. The summed E-state index contributed by atoms with van der Waals surface area (Å²) in [5.74, 6) is 5.20. The molecule has 10 nitrogen and oxygen atoms in total. The number of pyridine rings is 1. The topological polar surface area (TPSA) is 139 Å². The van der Waals surface area contributed by atoms with E-state index < -0.39 is 16.4 Å². The molecule has 0 spiro atoms. The first-order chi connectivity index (χ1) is 12.0. The van der Waals surface area contributed by atoms with Gasteiger partial charge in [-0.15, -0.1) is 0 Å². The van der Waals surface area contributed by atoms with E-state index in [1.54, 1.807) is 0 Å². The summed E-state index contributed by atoms with van der Waals surface area (Å²) in [6.45, 7) is 0. The number of methoxy groups -OCH3 is 3. The van der Waals surface area contributed by atoms with Crippen LogP contribution in [-0.2, 0) is 0 Å². The number of nitrogens with zero attached hydrogens (tertiary/aromatic N) is 2. The number of ketones is 1. The van der Waals surface area contributed by atoms with E-state index in [1.807, 2.05) is 0 Å². The summed E-state index contributed by atoms with van der Waals surface area (Å²) in [6.07, 6.45) is 1.24. The number of nitrogen functional groups attached to an aromatic ring is 1. The summed E-state index contributed by atoms with van der Waals surface area (Å²) in [5, 5.41) is 11.3. The number of hydrogen-bond acceptors (Lipinski definition) is 9. The van der Waals surface area contributed by atoms with Crippen molar-refractivity contribution in [1.29, 1.82) is 0 Å². The number of ether oxygens (including phenoxy) is 3. The van der Waals surface area contributed by atoms with Gasteiger partial charge in [-0.2, -0.15) is 0 Å². The van der Waals surface area contributed by atoms with Crippen LogP contribution < -0.4 is 25.5 Å². The second-order valence-electron chi connectivity index (χ2n) is 4.70. The highest BCUT2D eigenvalue weighted by molar-refractivity contribution is 6.13. The third kappa shape index (κ3) is 3.28. The van der Waals surface area contributed by atoms with Crippen molar-refractivity contribution in [2.75, 3.05) is 26.8 Å². The van der Waals surface area contributed by atoms with Crippen LogP contribution in [0.1, 0.15) is 15.9 Å². The first kappa shape index (κ1) is 17.9. The minimum atomic E-state index is -0.729. The van der Waals surface area contributed by atoms with Crippen molar-refractivity contribution in [3.63, 3.8) is 0 Å². The Kier molecular flexibility index (Phi) is 5.35. The first-order valence-corrected chi connectivity index (χ1v) is 6.93. The SMILES string of the molecule is COc1cc(C(=O)c2ccnc(NN)c2[N+](=O)[O-])cc(OC)c1OC. The van der Waals surface area contributed by atoms with Gasteiger partial charge in [-0.05, 0) is 18.2 Å². The molecule has 1 heterocycles. The predicted octanol–water partition coefficient (Wildman–Crippen LogP) is 1.53. The number of benzene rings is 1. The maximum Gasteiger partial charge on any atom is 0.323 e. The minimum absolute atomic E-state index is 0.117. The third-order valence-electron chi connectivity index (χ3n) is 3.42. The van der Waals surface area contributed by atoms with Crippen molar-refractivity contribution >= 4 is 17.3 Å². The van der Waals surface area contributed by atoms with E-state index in [4.69, 9.17) is 20.1 Å². The molecule has 0 aliphatic rings. The quantitative estimate of drug-likeness (QED) is 0.330. The summed E-state index contributed by atoms with van der Waals surface area (Å²) in [7, 11) is 4.22. The van der Waals surface area contributed by atoms with Crippen LogP contribution in [0.5, 0.6) is 17.2 Å². The average Bonchev–Trinajstić information content (AvgIpc) is 2.65. The zero-order valence-electron chi connectivity index (χ0n) is 13.7. The number of hydrogen-bond donors (Lipinski definition) is 2. The number of nitrogens with one attached hydrogen (secondary N) is 1. The van der Waals surface area contributed by atoms with E-state index in [9.17, 15) is 14.9 Å². The maximum atomic E-state index is 12.8. The Balaban J connectivity index is 2.65. The van der Waals surface area contributed by atoms with E-state index in [2.05, 4.69) is 10.4 Å². The zero-order chi connectivity index (χ0) is 18.6. The van der Waals surface area contributed by atoms with Crippen LogP contribution in [-0.4, -0.2) is 37.0 Å². The van der Waals surface area contributed by atoms with Crippen molar-refractivity contribution in [2.45, 2.75) is 0 Å². The lowest BCUT2D eigenvalue weighted by atomic mass is 10.0. The van der Waals surface area contributed by atoms with Crippen molar-refractivity contribution in [1.82, 2.24) is 4.98 Å². The Hall–Kier alpha value is -3.40. The molecular formula is C15H16N4O6. The van der Waals surface area contributed by atoms with Gasteiger partial charge < -0.3 is 19.6 Å². The van der Waals surface area contributed by atoms with Gasteiger partial charge in [0.1, 0.15) is 5.56 Å². The molecule has 0 fully saturated rings. The molecule has 0 saturated heterocycles. The molecule has 0 aliphatic heterocycles. The lowest BCUT2D eigenvalue weighted by Crippen LogP contribution is -2.14. The Labute approximate surface area is 142 Å². The molecule has 3 N–H and O–H groups in total. The first-order valence-electron chi connectivity index (χ1n) is 6.93. The third-order valence-corrected chi connectivity index (χ3v) is 3.42. The normalized spacial score (nSPS) is 10.1. The van der Waals surface area contributed by atoms with Crippen LogP contribution in [0.2, 0.25) is 0 Å². The van der Waals surface area contributed by atoms with Gasteiger partial charge in [0, 0.05) is 11.8 Å². The lowest BCUT2D eigenvalue weighted by Gasteiger charge is -2.14. The van der Waals surface area contributed by atoms with E-state index >= 15 is 0 Å². The second kappa shape index (κ2) is 7.45. The van der Waals surface area contributed by atoms with Crippen LogP contribution in [0.4, 0.5) is 11.5 Å². The number of hydrazine groups is 1. The van der Waals surface area contributed by atoms with Crippen LogP contribution >= 0.6 is 0 Å². The zero-order valence-corrected chi connectivity index (χ0v) is 13.7. The molecule has 0 aliphatic carbocycles. The van der Waals surface area contributed by atoms with Gasteiger partial charge in [0.15, 0.2) is 17.3 Å². The van der Waals surface area contributed by atoms with Crippen LogP contribution in [0.25, 0.3) is 0 Å². The van der Waals surface area contributed by atoms with Gasteiger partial charge in [-0.1, -0.05) is 0 Å². The highest BCUT2D eigenvalue weighted by Crippen LogP contribution is 2.39. The second-order valence-corrected chi connectivity index (χ2v) is 4.70. The summed E-state index contributed by atoms with van der Waals surface area (Å²) in [4.78, 5) is 27.2. The highest BCUT2D eigenvalue weighted by atomic mass is 16.6. The summed E-state index contributed by atoms with van der Waals surface area (Å²) >= 11 is 0. The molecule has 0 unspecified atom stereocenters. The van der Waals surface area contributed by atoms with Crippen molar-refractivity contribution < 1.29 is 23.9 Å². The molecule has 132 valence electrons. The minimum Gasteiger partial charge on any atom is -0.493 e. The number of anilines is 1. The maximum absolute atomic E-state index is 12.8. The van der Waals surface area contributed by atoms with Gasteiger partial charge in [0.2, 0.25) is 11.6 Å².